The molecule has 3 rings (SSSR count). The van der Waals surface area contributed by atoms with Gasteiger partial charge in [0.05, 0.1) is 11.5 Å². The molecule has 0 radical (unpaired) electrons. The average Bonchev–Trinajstić information content (AvgIpc) is 2.80. The smallest absolute Gasteiger partial charge is 0.225 e. The van der Waals surface area contributed by atoms with E-state index >= 15 is 0 Å². The minimum absolute atomic E-state index is 0.141. The quantitative estimate of drug-likeness (QED) is 0.832. The minimum atomic E-state index is -0.141. The number of anilines is 1. The van der Waals surface area contributed by atoms with Crippen LogP contribution in [0.5, 0.6) is 0 Å². The summed E-state index contributed by atoms with van der Waals surface area (Å²) in [5.74, 6) is 0.813. The van der Waals surface area contributed by atoms with Gasteiger partial charge in [0.1, 0.15) is 10.6 Å². The van der Waals surface area contributed by atoms with Gasteiger partial charge in [-0.05, 0) is 48.7 Å². The number of hydrogen-bond acceptors (Lipinski definition) is 5. The van der Waals surface area contributed by atoms with Gasteiger partial charge in [0, 0.05) is 6.04 Å². The zero-order valence-corrected chi connectivity index (χ0v) is 11.3. The van der Waals surface area contributed by atoms with Crippen molar-refractivity contribution in [2.75, 3.05) is 5.32 Å². The number of aliphatic hydroxyl groups excluding tert-OH is 1. The lowest BCUT2D eigenvalue weighted by Crippen LogP contribution is -2.28. The van der Waals surface area contributed by atoms with Crippen molar-refractivity contribution in [2.45, 2.75) is 37.8 Å². The van der Waals surface area contributed by atoms with Crippen molar-refractivity contribution in [1.29, 1.82) is 0 Å². The molecule has 0 aromatic carbocycles. The second-order valence-corrected chi connectivity index (χ2v) is 5.86. The summed E-state index contributed by atoms with van der Waals surface area (Å²) in [5, 5.41) is 16.2. The Morgan fingerprint density at radius 3 is 2.83 bits per heavy atom. The average molecular weight is 284 g/mol. The fraction of sp³-hybridized carbons (Fsp3) is 0.500. The second kappa shape index (κ2) is 4.99. The van der Waals surface area contributed by atoms with Gasteiger partial charge >= 0.3 is 0 Å². The number of thiophene rings is 1. The van der Waals surface area contributed by atoms with Crippen LogP contribution in [0.2, 0.25) is 5.28 Å². The van der Waals surface area contributed by atoms with Crippen molar-refractivity contribution in [3.63, 3.8) is 0 Å². The van der Waals surface area contributed by atoms with Gasteiger partial charge in [-0.3, -0.25) is 0 Å². The zero-order chi connectivity index (χ0) is 12.5. The van der Waals surface area contributed by atoms with Crippen LogP contribution in [-0.4, -0.2) is 27.2 Å². The van der Waals surface area contributed by atoms with Gasteiger partial charge in [0.15, 0.2) is 0 Å². The normalized spacial score (nSPS) is 24.3. The van der Waals surface area contributed by atoms with E-state index in [0.717, 1.165) is 41.7 Å². The topological polar surface area (TPSA) is 58.0 Å². The van der Waals surface area contributed by atoms with E-state index in [1.807, 2.05) is 11.4 Å². The van der Waals surface area contributed by atoms with E-state index in [-0.39, 0.29) is 11.4 Å². The highest BCUT2D eigenvalue weighted by molar-refractivity contribution is 7.16. The number of nitrogens with one attached hydrogen (secondary N) is 1. The van der Waals surface area contributed by atoms with Crippen LogP contribution in [0.25, 0.3) is 10.2 Å². The van der Waals surface area contributed by atoms with Gasteiger partial charge in [-0.15, -0.1) is 11.3 Å². The third-order valence-corrected chi connectivity index (χ3v) is 4.31. The van der Waals surface area contributed by atoms with Gasteiger partial charge < -0.3 is 10.4 Å². The molecule has 2 N–H and O–H groups in total. The van der Waals surface area contributed by atoms with E-state index in [1.54, 1.807) is 11.3 Å². The van der Waals surface area contributed by atoms with Gasteiger partial charge in [-0.2, -0.15) is 0 Å². The lowest BCUT2D eigenvalue weighted by atomic mass is 9.93. The molecule has 0 bridgehead atoms. The molecule has 1 saturated carbocycles. The summed E-state index contributed by atoms with van der Waals surface area (Å²) in [6.07, 6.45) is 3.49. The maximum atomic E-state index is 9.50. The van der Waals surface area contributed by atoms with E-state index in [9.17, 15) is 5.11 Å². The zero-order valence-electron chi connectivity index (χ0n) is 9.77. The summed E-state index contributed by atoms with van der Waals surface area (Å²) >= 11 is 7.49. The number of halogens is 1. The first kappa shape index (κ1) is 12.1. The number of fused-ring (bicyclic) bond motifs is 1. The number of hydrogen-bond donors (Lipinski definition) is 2. The maximum absolute atomic E-state index is 9.50. The molecular weight excluding hydrogens is 270 g/mol. The standard InChI is InChI=1S/C12H14ClN3OS/c13-12-15-10(9-5-6-18-11(9)16-12)14-7-1-3-8(17)4-2-7/h5-8,17H,1-4H2,(H,14,15,16). The predicted octanol–water partition coefficient (Wildman–Crippen LogP) is 3.06. The van der Waals surface area contributed by atoms with Crippen molar-refractivity contribution in [3.8, 4) is 0 Å². The van der Waals surface area contributed by atoms with Crippen LogP contribution in [0.1, 0.15) is 25.7 Å². The summed E-state index contributed by atoms with van der Waals surface area (Å²) in [6, 6.07) is 2.37. The molecule has 2 aromatic heterocycles. The highest BCUT2D eigenvalue weighted by Crippen LogP contribution is 2.29. The molecule has 0 atom stereocenters. The Morgan fingerprint density at radius 2 is 2.06 bits per heavy atom. The summed E-state index contributed by atoms with van der Waals surface area (Å²) in [7, 11) is 0. The van der Waals surface area contributed by atoms with Crippen molar-refractivity contribution in [1.82, 2.24) is 9.97 Å². The Hall–Kier alpha value is -0.910. The van der Waals surface area contributed by atoms with Crippen LogP contribution in [0.15, 0.2) is 11.4 Å². The van der Waals surface area contributed by atoms with Gasteiger partial charge in [-0.1, -0.05) is 0 Å². The Kier molecular flexibility index (Phi) is 3.37. The Morgan fingerprint density at radius 1 is 1.28 bits per heavy atom. The number of aromatic nitrogens is 2. The maximum Gasteiger partial charge on any atom is 0.225 e. The first-order chi connectivity index (χ1) is 8.72. The molecule has 2 aromatic rings. The van der Waals surface area contributed by atoms with E-state index in [2.05, 4.69) is 15.3 Å². The molecule has 18 heavy (non-hydrogen) atoms. The molecule has 2 heterocycles. The SMILES string of the molecule is OC1CCC(Nc2nc(Cl)nc3sccc23)CC1. The van der Waals surface area contributed by atoms with Crippen LogP contribution in [-0.2, 0) is 0 Å². The number of rotatable bonds is 2. The third-order valence-electron chi connectivity index (χ3n) is 3.34. The highest BCUT2D eigenvalue weighted by Gasteiger charge is 2.20. The largest absolute Gasteiger partial charge is 0.393 e. The monoisotopic (exact) mass is 283 g/mol. The molecule has 1 aliphatic carbocycles. The van der Waals surface area contributed by atoms with Gasteiger partial charge in [0.2, 0.25) is 5.28 Å². The van der Waals surface area contributed by atoms with E-state index < -0.39 is 0 Å². The van der Waals surface area contributed by atoms with E-state index in [0.29, 0.717) is 6.04 Å². The lowest BCUT2D eigenvalue weighted by molar-refractivity contribution is 0.126. The van der Waals surface area contributed by atoms with E-state index in [1.165, 1.54) is 0 Å². The molecule has 0 saturated heterocycles. The molecule has 0 unspecified atom stereocenters. The Labute approximate surface area is 114 Å². The summed E-state index contributed by atoms with van der Waals surface area (Å²) in [5.41, 5.74) is 0. The van der Waals surface area contributed by atoms with Crippen LogP contribution < -0.4 is 5.32 Å². The molecule has 1 fully saturated rings. The molecule has 4 nitrogen and oxygen atoms in total. The van der Waals surface area contributed by atoms with Crippen molar-refractivity contribution in [2.24, 2.45) is 0 Å². The molecule has 1 aliphatic rings. The molecule has 0 aliphatic heterocycles. The molecule has 0 spiro atoms. The van der Waals surface area contributed by atoms with E-state index in [4.69, 9.17) is 11.6 Å². The molecule has 96 valence electrons. The van der Waals surface area contributed by atoms with Crippen molar-refractivity contribution in [3.05, 3.63) is 16.7 Å². The molecule has 0 amide bonds. The molecular formula is C12H14ClN3OS. The fourth-order valence-electron chi connectivity index (χ4n) is 2.35. The molecule has 6 heteroatoms. The van der Waals surface area contributed by atoms with Crippen LogP contribution in [0.3, 0.4) is 0 Å². The van der Waals surface area contributed by atoms with Crippen LogP contribution in [0, 0.1) is 0 Å². The van der Waals surface area contributed by atoms with Crippen molar-refractivity contribution >= 4 is 39.0 Å². The summed E-state index contributed by atoms with van der Waals surface area (Å²) in [6.45, 7) is 0. The van der Waals surface area contributed by atoms with Crippen molar-refractivity contribution < 1.29 is 5.11 Å². The lowest BCUT2D eigenvalue weighted by Gasteiger charge is -2.26. The first-order valence-corrected chi connectivity index (χ1v) is 7.33. The fourth-order valence-corrected chi connectivity index (χ4v) is 3.34. The van der Waals surface area contributed by atoms with Gasteiger partial charge in [-0.25, -0.2) is 9.97 Å². The number of nitrogens with zero attached hydrogens (tertiary/aromatic N) is 2. The summed E-state index contributed by atoms with van der Waals surface area (Å²) in [4.78, 5) is 9.38. The summed E-state index contributed by atoms with van der Waals surface area (Å²) < 4.78 is 0. The second-order valence-electron chi connectivity index (χ2n) is 4.63. The van der Waals surface area contributed by atoms with Crippen LogP contribution >= 0.6 is 22.9 Å². The van der Waals surface area contributed by atoms with Crippen LogP contribution in [0.4, 0.5) is 5.82 Å². The number of aliphatic hydroxyl groups is 1. The highest BCUT2D eigenvalue weighted by atomic mass is 35.5. The van der Waals surface area contributed by atoms with Gasteiger partial charge in [0.25, 0.3) is 0 Å². The minimum Gasteiger partial charge on any atom is -0.393 e. The Balaban J connectivity index is 1.83. The third kappa shape index (κ3) is 2.43. The Bertz CT molecular complexity index is 551. The first-order valence-electron chi connectivity index (χ1n) is 6.08. The predicted molar refractivity (Wildman–Crippen MR) is 74.3 cm³/mol.